The summed E-state index contributed by atoms with van der Waals surface area (Å²) in [5, 5.41) is 0. The summed E-state index contributed by atoms with van der Waals surface area (Å²) >= 11 is 3.31. The van der Waals surface area contributed by atoms with Gasteiger partial charge in [0.15, 0.2) is 5.78 Å². The Morgan fingerprint density at radius 2 is 2.00 bits per heavy atom. The highest BCUT2D eigenvalue weighted by Gasteiger charge is 2.08. The van der Waals surface area contributed by atoms with Crippen molar-refractivity contribution < 1.29 is 4.79 Å². The van der Waals surface area contributed by atoms with E-state index < -0.39 is 5.69 Å². The molecule has 0 saturated carbocycles. The third-order valence-electron chi connectivity index (χ3n) is 2.46. The number of hydrogen-bond donors (Lipinski definition) is 0. The standard InChI is InChI=1S/C13H11BrN2O2/c1-9-6-15-13(18)16(7-9)8-12(17)10-2-4-11(14)5-3-10/h2-7H,8H2,1H3. The number of carbonyl (C=O) groups excluding carboxylic acids is 1. The maximum atomic E-state index is 12.0. The number of halogens is 1. The Kier molecular flexibility index (Phi) is 3.72. The van der Waals surface area contributed by atoms with E-state index in [1.54, 1.807) is 30.5 Å². The number of benzene rings is 1. The molecule has 0 fully saturated rings. The van der Waals surface area contributed by atoms with E-state index in [1.807, 2.05) is 6.92 Å². The summed E-state index contributed by atoms with van der Waals surface area (Å²) in [7, 11) is 0. The number of aromatic nitrogens is 2. The zero-order valence-electron chi connectivity index (χ0n) is 9.76. The second-order valence-corrected chi connectivity index (χ2v) is 4.89. The van der Waals surface area contributed by atoms with Crippen LogP contribution in [0.2, 0.25) is 0 Å². The van der Waals surface area contributed by atoms with Crippen LogP contribution in [0.4, 0.5) is 0 Å². The third-order valence-corrected chi connectivity index (χ3v) is 2.99. The fraction of sp³-hybridized carbons (Fsp3) is 0.154. The van der Waals surface area contributed by atoms with Gasteiger partial charge < -0.3 is 0 Å². The van der Waals surface area contributed by atoms with E-state index in [2.05, 4.69) is 20.9 Å². The molecule has 0 unspecified atom stereocenters. The summed E-state index contributed by atoms with van der Waals surface area (Å²) < 4.78 is 2.23. The zero-order chi connectivity index (χ0) is 13.1. The summed E-state index contributed by atoms with van der Waals surface area (Å²) in [6.07, 6.45) is 3.12. The molecule has 0 N–H and O–H groups in total. The molecule has 5 heteroatoms. The summed E-state index contributed by atoms with van der Waals surface area (Å²) in [6.45, 7) is 1.84. The van der Waals surface area contributed by atoms with Crippen molar-refractivity contribution in [2.45, 2.75) is 13.5 Å². The average Bonchev–Trinajstić information content (AvgIpc) is 2.34. The molecule has 0 saturated heterocycles. The first-order valence-corrected chi connectivity index (χ1v) is 6.17. The van der Waals surface area contributed by atoms with E-state index in [0.29, 0.717) is 5.56 Å². The van der Waals surface area contributed by atoms with Gasteiger partial charge in [0, 0.05) is 22.4 Å². The van der Waals surface area contributed by atoms with Crippen LogP contribution in [0.1, 0.15) is 15.9 Å². The van der Waals surface area contributed by atoms with Gasteiger partial charge in [0.1, 0.15) is 0 Å². The minimum Gasteiger partial charge on any atom is -0.292 e. The Balaban J connectivity index is 2.24. The van der Waals surface area contributed by atoms with E-state index in [0.717, 1.165) is 10.0 Å². The Hall–Kier alpha value is -1.75. The van der Waals surface area contributed by atoms with Crippen molar-refractivity contribution in [3.8, 4) is 0 Å². The minimum absolute atomic E-state index is 0.00907. The Morgan fingerprint density at radius 3 is 2.67 bits per heavy atom. The maximum Gasteiger partial charge on any atom is 0.347 e. The second kappa shape index (κ2) is 5.27. The number of aryl methyl sites for hydroxylation is 1. The molecule has 4 nitrogen and oxygen atoms in total. The monoisotopic (exact) mass is 306 g/mol. The predicted octanol–water partition coefficient (Wildman–Crippen LogP) is 2.20. The molecular formula is C13H11BrN2O2. The van der Waals surface area contributed by atoms with Crippen molar-refractivity contribution in [3.05, 3.63) is 62.7 Å². The second-order valence-electron chi connectivity index (χ2n) is 3.97. The molecular weight excluding hydrogens is 296 g/mol. The molecule has 0 aliphatic rings. The normalized spacial score (nSPS) is 10.3. The van der Waals surface area contributed by atoms with Crippen LogP contribution in [-0.2, 0) is 6.54 Å². The van der Waals surface area contributed by atoms with Gasteiger partial charge in [0.2, 0.25) is 0 Å². The van der Waals surface area contributed by atoms with Gasteiger partial charge in [-0.2, -0.15) is 0 Å². The lowest BCUT2D eigenvalue weighted by atomic mass is 10.1. The molecule has 0 atom stereocenters. The van der Waals surface area contributed by atoms with Crippen LogP contribution in [-0.4, -0.2) is 15.3 Å². The maximum absolute atomic E-state index is 12.0. The summed E-state index contributed by atoms with van der Waals surface area (Å²) in [5.41, 5.74) is 1.01. The molecule has 0 aliphatic carbocycles. The molecule has 92 valence electrons. The third kappa shape index (κ3) is 2.92. The van der Waals surface area contributed by atoms with Crippen molar-refractivity contribution in [1.29, 1.82) is 0 Å². The van der Waals surface area contributed by atoms with Crippen LogP contribution in [0.3, 0.4) is 0 Å². The fourth-order valence-corrected chi connectivity index (χ4v) is 1.82. The van der Waals surface area contributed by atoms with Crippen molar-refractivity contribution in [3.63, 3.8) is 0 Å². The SMILES string of the molecule is Cc1cnc(=O)n(CC(=O)c2ccc(Br)cc2)c1. The number of carbonyl (C=O) groups is 1. The zero-order valence-corrected chi connectivity index (χ0v) is 11.3. The first-order chi connectivity index (χ1) is 8.56. The van der Waals surface area contributed by atoms with Gasteiger partial charge >= 0.3 is 5.69 Å². The first kappa shape index (κ1) is 12.7. The van der Waals surface area contributed by atoms with Crippen molar-refractivity contribution in [1.82, 2.24) is 9.55 Å². The molecule has 0 amide bonds. The number of rotatable bonds is 3. The molecule has 2 rings (SSSR count). The topological polar surface area (TPSA) is 52.0 Å². The van der Waals surface area contributed by atoms with E-state index in [9.17, 15) is 9.59 Å². The predicted molar refractivity (Wildman–Crippen MR) is 71.7 cm³/mol. The average molecular weight is 307 g/mol. The van der Waals surface area contributed by atoms with Gasteiger partial charge in [-0.1, -0.05) is 28.1 Å². The number of hydrogen-bond acceptors (Lipinski definition) is 3. The fourth-order valence-electron chi connectivity index (χ4n) is 1.56. The van der Waals surface area contributed by atoms with Crippen molar-refractivity contribution in [2.24, 2.45) is 0 Å². The van der Waals surface area contributed by atoms with Crippen LogP contribution in [0.25, 0.3) is 0 Å². The van der Waals surface area contributed by atoms with Gasteiger partial charge in [-0.05, 0) is 24.6 Å². The smallest absolute Gasteiger partial charge is 0.292 e. The van der Waals surface area contributed by atoms with Crippen LogP contribution in [0, 0.1) is 6.92 Å². The highest BCUT2D eigenvalue weighted by molar-refractivity contribution is 9.10. The van der Waals surface area contributed by atoms with Crippen LogP contribution < -0.4 is 5.69 Å². The van der Waals surface area contributed by atoms with Gasteiger partial charge in [0.25, 0.3) is 0 Å². The van der Waals surface area contributed by atoms with E-state index in [-0.39, 0.29) is 12.3 Å². The molecule has 0 radical (unpaired) electrons. The van der Waals surface area contributed by atoms with Crippen LogP contribution >= 0.6 is 15.9 Å². The van der Waals surface area contributed by atoms with E-state index >= 15 is 0 Å². The Morgan fingerprint density at radius 1 is 1.33 bits per heavy atom. The molecule has 0 spiro atoms. The van der Waals surface area contributed by atoms with E-state index in [4.69, 9.17) is 0 Å². The molecule has 1 aromatic heterocycles. The molecule has 1 aromatic carbocycles. The largest absolute Gasteiger partial charge is 0.347 e. The highest BCUT2D eigenvalue weighted by atomic mass is 79.9. The first-order valence-electron chi connectivity index (χ1n) is 5.38. The Labute approximate surface area is 112 Å². The lowest BCUT2D eigenvalue weighted by Gasteiger charge is -2.05. The Bertz CT molecular complexity index is 632. The lowest BCUT2D eigenvalue weighted by molar-refractivity contribution is 0.0970. The molecule has 0 aliphatic heterocycles. The lowest BCUT2D eigenvalue weighted by Crippen LogP contribution is -2.26. The molecule has 0 bridgehead atoms. The van der Waals surface area contributed by atoms with Crippen LogP contribution in [0.15, 0.2) is 45.9 Å². The summed E-state index contributed by atoms with van der Waals surface area (Å²) in [5.74, 6) is -0.114. The van der Waals surface area contributed by atoms with Gasteiger partial charge in [-0.3, -0.25) is 9.36 Å². The van der Waals surface area contributed by atoms with Crippen LogP contribution in [0.5, 0.6) is 0 Å². The molecule has 1 heterocycles. The van der Waals surface area contributed by atoms with Crippen molar-refractivity contribution >= 4 is 21.7 Å². The number of ketones is 1. The summed E-state index contributed by atoms with van der Waals surface area (Å²) in [4.78, 5) is 27.2. The minimum atomic E-state index is -0.411. The van der Waals surface area contributed by atoms with Gasteiger partial charge in [-0.15, -0.1) is 0 Å². The van der Waals surface area contributed by atoms with Crippen molar-refractivity contribution in [2.75, 3.05) is 0 Å². The number of Topliss-reactive ketones (excluding diaryl/α,β-unsaturated/α-hetero) is 1. The molecule has 18 heavy (non-hydrogen) atoms. The van der Waals surface area contributed by atoms with E-state index in [1.165, 1.54) is 10.8 Å². The quantitative estimate of drug-likeness (QED) is 0.817. The number of nitrogens with zero attached hydrogens (tertiary/aromatic N) is 2. The van der Waals surface area contributed by atoms with Gasteiger partial charge in [-0.25, -0.2) is 9.78 Å². The molecule has 2 aromatic rings. The van der Waals surface area contributed by atoms with Gasteiger partial charge in [0.05, 0.1) is 6.54 Å². The summed E-state index contributed by atoms with van der Waals surface area (Å²) in [6, 6.07) is 7.04. The highest BCUT2D eigenvalue weighted by Crippen LogP contribution is 2.11.